The summed E-state index contributed by atoms with van der Waals surface area (Å²) in [6, 6.07) is 19.0. The second kappa shape index (κ2) is 10.7. The van der Waals surface area contributed by atoms with Gasteiger partial charge in [-0.25, -0.2) is 12.7 Å². The Morgan fingerprint density at radius 1 is 0.889 bits per heavy atom. The smallest absolute Gasteiger partial charge is 0.239 e. The molecule has 3 aliphatic rings. The van der Waals surface area contributed by atoms with Crippen LogP contribution in [0.1, 0.15) is 36.8 Å². The maximum absolute atomic E-state index is 13.0. The molecule has 3 aliphatic heterocycles. The number of nitrogens with one attached hydrogen (secondary N) is 1. The van der Waals surface area contributed by atoms with Gasteiger partial charge in [-0.1, -0.05) is 60.7 Å². The molecular weight excluding hydrogens is 476 g/mol. The molecule has 3 atom stereocenters. The summed E-state index contributed by atoms with van der Waals surface area (Å²) in [5.74, 6) is 0.457. The maximum atomic E-state index is 13.0. The van der Waals surface area contributed by atoms with Crippen LogP contribution in [0, 0.1) is 22.7 Å². The predicted molar refractivity (Wildman–Crippen MR) is 137 cm³/mol. The number of nitroso groups, excluding NO2 is 1. The van der Waals surface area contributed by atoms with Gasteiger partial charge in [-0.2, -0.15) is 0 Å². The second-order valence-electron chi connectivity index (χ2n) is 10.3. The number of hydrogen-bond acceptors (Lipinski definition) is 4. The molecule has 1 N–H and O–H groups in total. The van der Waals surface area contributed by atoms with Gasteiger partial charge >= 0.3 is 0 Å². The fourth-order valence-electron chi connectivity index (χ4n) is 6.16. The van der Waals surface area contributed by atoms with Crippen LogP contribution in [-0.4, -0.2) is 60.7 Å². The molecule has 0 radical (unpaired) electrons. The molecule has 2 aromatic rings. The van der Waals surface area contributed by atoms with Crippen molar-refractivity contribution in [2.24, 2.45) is 17.8 Å². The standard InChI is InChI=1S/C27H34N4O4S/c32-27(28-18-21-7-3-1-4-8-21)25-19-31(33)30-16-13-24(17-26(25)30)23-11-14-29(15-12-23)36(34,35)20-22-9-5-2-6-10-22/h1-10,23-26H,11-20H2/p+1. The highest BCUT2D eigenvalue weighted by molar-refractivity contribution is 7.88. The zero-order valence-corrected chi connectivity index (χ0v) is 21.4. The third-order valence-electron chi connectivity index (χ3n) is 8.16. The summed E-state index contributed by atoms with van der Waals surface area (Å²) in [5.41, 5.74) is 1.85. The number of benzene rings is 2. The molecular formula is C27H35N4O4S+. The summed E-state index contributed by atoms with van der Waals surface area (Å²) in [4.78, 5) is 26.6. The Morgan fingerprint density at radius 2 is 1.50 bits per heavy atom. The minimum atomic E-state index is -3.34. The van der Waals surface area contributed by atoms with Crippen LogP contribution >= 0.6 is 0 Å². The van der Waals surface area contributed by atoms with Crippen molar-refractivity contribution in [3.63, 3.8) is 0 Å². The molecule has 8 nitrogen and oxygen atoms in total. The Labute approximate surface area is 213 Å². The van der Waals surface area contributed by atoms with Crippen LogP contribution in [0.3, 0.4) is 0 Å². The van der Waals surface area contributed by atoms with Gasteiger partial charge in [-0.3, -0.25) is 4.79 Å². The molecule has 0 saturated carbocycles. The van der Waals surface area contributed by atoms with Crippen LogP contribution in [0.25, 0.3) is 0 Å². The van der Waals surface area contributed by atoms with Gasteiger partial charge in [-0.15, -0.1) is 5.01 Å². The number of amides is 1. The van der Waals surface area contributed by atoms with E-state index in [-0.39, 0.29) is 30.2 Å². The monoisotopic (exact) mass is 511 g/mol. The first-order valence-electron chi connectivity index (χ1n) is 13.0. The molecule has 36 heavy (non-hydrogen) atoms. The number of piperidine rings is 2. The normalized spacial score (nSPS) is 25.5. The van der Waals surface area contributed by atoms with Crippen molar-refractivity contribution in [1.29, 1.82) is 0 Å². The van der Waals surface area contributed by atoms with Crippen LogP contribution in [0.2, 0.25) is 0 Å². The number of hydrazine groups is 1. The summed E-state index contributed by atoms with van der Waals surface area (Å²) in [6.45, 7) is 2.40. The minimum absolute atomic E-state index is 0.0398. The highest BCUT2D eigenvalue weighted by atomic mass is 32.2. The van der Waals surface area contributed by atoms with Crippen LogP contribution in [-0.2, 0) is 27.1 Å². The maximum Gasteiger partial charge on any atom is 0.239 e. The zero-order chi connectivity index (χ0) is 25.1. The first-order chi connectivity index (χ1) is 17.4. The fraction of sp³-hybridized carbons (Fsp3) is 0.519. The molecule has 5 rings (SSSR count). The first-order valence-corrected chi connectivity index (χ1v) is 14.6. The van der Waals surface area contributed by atoms with Crippen LogP contribution in [0.5, 0.6) is 0 Å². The van der Waals surface area contributed by atoms with E-state index in [1.165, 1.54) is 0 Å². The van der Waals surface area contributed by atoms with Gasteiger partial charge < -0.3 is 5.32 Å². The van der Waals surface area contributed by atoms with E-state index in [0.717, 1.165) is 41.7 Å². The van der Waals surface area contributed by atoms with E-state index in [1.807, 2.05) is 65.7 Å². The molecule has 192 valence electrons. The SMILES string of the molecule is O=C(NCc1ccccc1)C1C[N+](=O)N2CCC(C3CCN(S(=O)(=O)Cc4ccccc4)CC3)CC12. The van der Waals surface area contributed by atoms with Crippen molar-refractivity contribution in [3.05, 3.63) is 76.7 Å². The average molecular weight is 512 g/mol. The number of rotatable bonds is 7. The number of nitrogens with zero attached hydrogens (tertiary/aromatic N) is 3. The van der Waals surface area contributed by atoms with Gasteiger partial charge in [0.25, 0.3) is 0 Å². The lowest BCUT2D eigenvalue weighted by atomic mass is 9.75. The van der Waals surface area contributed by atoms with Gasteiger partial charge in [0.1, 0.15) is 16.8 Å². The minimum Gasteiger partial charge on any atom is -0.351 e. The van der Waals surface area contributed by atoms with E-state index in [0.29, 0.717) is 38.0 Å². The number of carbonyl (C=O) groups excluding carboxylic acids is 1. The van der Waals surface area contributed by atoms with Gasteiger partial charge in [0.2, 0.25) is 22.5 Å². The van der Waals surface area contributed by atoms with E-state index < -0.39 is 10.0 Å². The summed E-state index contributed by atoms with van der Waals surface area (Å²) in [7, 11) is -3.34. The first kappa shape index (κ1) is 24.9. The van der Waals surface area contributed by atoms with Crippen molar-refractivity contribution >= 4 is 15.9 Å². The summed E-state index contributed by atoms with van der Waals surface area (Å²) >= 11 is 0. The second-order valence-corrected chi connectivity index (χ2v) is 12.3. The lowest BCUT2D eigenvalue weighted by molar-refractivity contribution is -0.692. The molecule has 3 saturated heterocycles. The Bertz CT molecular complexity index is 1170. The molecule has 2 aromatic carbocycles. The van der Waals surface area contributed by atoms with E-state index in [4.69, 9.17) is 0 Å². The lowest BCUT2D eigenvalue weighted by Gasteiger charge is -2.39. The summed E-state index contributed by atoms with van der Waals surface area (Å²) in [5, 5.41) is 4.86. The van der Waals surface area contributed by atoms with E-state index in [9.17, 15) is 18.1 Å². The highest BCUT2D eigenvalue weighted by Crippen LogP contribution is 2.39. The Morgan fingerprint density at radius 3 is 2.17 bits per heavy atom. The molecule has 3 fully saturated rings. The Balaban J connectivity index is 1.16. The van der Waals surface area contributed by atoms with E-state index in [2.05, 4.69) is 5.32 Å². The van der Waals surface area contributed by atoms with E-state index in [1.54, 1.807) is 4.31 Å². The van der Waals surface area contributed by atoms with E-state index >= 15 is 0 Å². The zero-order valence-electron chi connectivity index (χ0n) is 20.5. The van der Waals surface area contributed by atoms with Crippen molar-refractivity contribution in [1.82, 2.24) is 14.6 Å². The fourth-order valence-corrected chi connectivity index (χ4v) is 7.72. The third-order valence-corrected chi connectivity index (χ3v) is 10.0. The predicted octanol–water partition coefficient (Wildman–Crippen LogP) is 2.95. The highest BCUT2D eigenvalue weighted by Gasteiger charge is 2.53. The lowest BCUT2D eigenvalue weighted by Crippen LogP contribution is -2.48. The molecule has 0 spiro atoms. The molecule has 0 bridgehead atoms. The van der Waals surface area contributed by atoms with Gasteiger partial charge in [-0.05, 0) is 48.6 Å². The Hall–Kier alpha value is -2.78. The number of sulfonamides is 1. The largest absolute Gasteiger partial charge is 0.351 e. The quantitative estimate of drug-likeness (QED) is 0.578. The summed E-state index contributed by atoms with van der Waals surface area (Å²) in [6.07, 6.45) is 3.38. The number of carbonyl (C=O) groups is 1. The van der Waals surface area contributed by atoms with Gasteiger partial charge in [0.15, 0.2) is 0 Å². The van der Waals surface area contributed by atoms with Crippen LogP contribution < -0.4 is 5.32 Å². The molecule has 0 aliphatic carbocycles. The molecule has 0 aromatic heterocycles. The van der Waals surface area contributed by atoms with Crippen molar-refractivity contribution in [2.45, 2.75) is 44.0 Å². The van der Waals surface area contributed by atoms with Crippen LogP contribution in [0.4, 0.5) is 0 Å². The average Bonchev–Trinajstić information content (AvgIpc) is 3.24. The molecule has 9 heteroatoms. The molecule has 1 amide bonds. The Kier molecular flexibility index (Phi) is 7.39. The van der Waals surface area contributed by atoms with Gasteiger partial charge in [0, 0.05) is 19.6 Å². The third kappa shape index (κ3) is 5.47. The number of hydrogen-bond donors (Lipinski definition) is 1. The van der Waals surface area contributed by atoms with Crippen molar-refractivity contribution in [2.75, 3.05) is 26.2 Å². The summed E-state index contributed by atoms with van der Waals surface area (Å²) < 4.78 is 27.5. The van der Waals surface area contributed by atoms with Gasteiger partial charge in [0.05, 0.1) is 17.2 Å². The molecule has 3 unspecified atom stereocenters. The number of fused-ring (bicyclic) bond motifs is 1. The van der Waals surface area contributed by atoms with Crippen molar-refractivity contribution in [3.8, 4) is 0 Å². The topological polar surface area (TPSA) is 89.8 Å². The van der Waals surface area contributed by atoms with Crippen molar-refractivity contribution < 1.29 is 18.1 Å². The molecule has 3 heterocycles. The van der Waals surface area contributed by atoms with Crippen LogP contribution in [0.15, 0.2) is 60.7 Å².